The minimum Gasteiger partial charge on any atom is -0.372 e. The van der Waals surface area contributed by atoms with E-state index in [0.29, 0.717) is 19.4 Å². The summed E-state index contributed by atoms with van der Waals surface area (Å²) in [7, 11) is -3.69. The maximum absolute atomic E-state index is 12.5. The second kappa shape index (κ2) is 7.13. The molecule has 5 nitrogen and oxygen atoms in total. The van der Waals surface area contributed by atoms with Crippen molar-refractivity contribution in [2.75, 3.05) is 24.5 Å². The van der Waals surface area contributed by atoms with Gasteiger partial charge in [0.15, 0.2) is 0 Å². The molecule has 0 aliphatic carbocycles. The van der Waals surface area contributed by atoms with Crippen LogP contribution in [-0.2, 0) is 14.8 Å². The minimum absolute atomic E-state index is 0.194. The number of hydrogen-bond donors (Lipinski definition) is 0. The Bertz CT molecular complexity index is 605. The van der Waals surface area contributed by atoms with E-state index in [0.717, 1.165) is 35.9 Å². The van der Waals surface area contributed by atoms with Gasteiger partial charge >= 0.3 is 0 Å². The van der Waals surface area contributed by atoms with E-state index < -0.39 is 10.0 Å². The molecule has 0 aromatic heterocycles. The van der Waals surface area contributed by atoms with Crippen molar-refractivity contribution >= 4 is 21.6 Å². The van der Waals surface area contributed by atoms with Gasteiger partial charge < -0.3 is 4.90 Å². The van der Waals surface area contributed by atoms with Gasteiger partial charge in [-0.05, 0) is 43.5 Å². The molecule has 0 atom stereocenters. The highest BCUT2D eigenvalue weighted by Crippen LogP contribution is 2.24. The lowest BCUT2D eigenvalue weighted by molar-refractivity contribution is -0.123. The van der Waals surface area contributed by atoms with Crippen molar-refractivity contribution < 1.29 is 13.2 Å². The molecule has 0 saturated carbocycles. The Balaban J connectivity index is 2.22. The molecule has 0 radical (unpaired) electrons. The summed E-state index contributed by atoms with van der Waals surface area (Å²) in [5.41, 5.74) is 1.02. The zero-order valence-corrected chi connectivity index (χ0v) is 14.1. The van der Waals surface area contributed by atoms with Gasteiger partial charge in [-0.25, -0.2) is 12.7 Å². The van der Waals surface area contributed by atoms with Gasteiger partial charge in [-0.15, -0.1) is 0 Å². The van der Waals surface area contributed by atoms with E-state index in [-0.39, 0.29) is 10.8 Å². The normalized spacial score (nSPS) is 15.4. The van der Waals surface area contributed by atoms with Gasteiger partial charge in [0.05, 0.1) is 4.90 Å². The number of benzene rings is 1. The molecule has 122 valence electrons. The molecule has 1 amide bonds. The molecule has 0 unspecified atom stereocenters. The number of hydrogen-bond acceptors (Lipinski definition) is 4. The van der Waals surface area contributed by atoms with Crippen molar-refractivity contribution in [3.05, 3.63) is 24.3 Å². The molecular formula is C16H24N2O3S. The van der Waals surface area contributed by atoms with E-state index in [4.69, 9.17) is 0 Å². The van der Waals surface area contributed by atoms with E-state index in [1.807, 2.05) is 12.1 Å². The average Bonchev–Trinajstić information content (AvgIpc) is 2.94. The molecular weight excluding hydrogens is 300 g/mol. The molecule has 0 N–H and O–H groups in total. The molecule has 1 aliphatic rings. The standard InChI is InChI=1S/C16H24N2O3S/c1-3-11-17(12-4-2)14-7-9-15(10-8-14)22(20,21)18-13-5-6-16(18)19/h7-10H,3-6,11-13H2,1-2H3. The maximum atomic E-state index is 12.5. The highest BCUT2D eigenvalue weighted by Gasteiger charge is 2.32. The summed E-state index contributed by atoms with van der Waals surface area (Å²) >= 11 is 0. The Kier molecular flexibility index (Phi) is 5.45. The third-order valence-corrected chi connectivity index (χ3v) is 5.64. The molecule has 6 heteroatoms. The van der Waals surface area contributed by atoms with Crippen LogP contribution in [0.4, 0.5) is 5.69 Å². The third kappa shape index (κ3) is 3.43. The largest absolute Gasteiger partial charge is 0.372 e. The number of carbonyl (C=O) groups excluding carboxylic acids is 1. The maximum Gasteiger partial charge on any atom is 0.266 e. The van der Waals surface area contributed by atoms with Crippen LogP contribution in [0, 0.1) is 0 Å². The molecule has 1 aliphatic heterocycles. The summed E-state index contributed by atoms with van der Waals surface area (Å²) < 4.78 is 25.9. The van der Waals surface area contributed by atoms with Crippen LogP contribution in [0.5, 0.6) is 0 Å². The molecule has 1 fully saturated rings. The first kappa shape index (κ1) is 16.8. The van der Waals surface area contributed by atoms with Crippen molar-refractivity contribution in [3.8, 4) is 0 Å². The minimum atomic E-state index is -3.69. The van der Waals surface area contributed by atoms with E-state index >= 15 is 0 Å². The van der Waals surface area contributed by atoms with Crippen LogP contribution in [0.25, 0.3) is 0 Å². The Morgan fingerprint density at radius 3 is 2.14 bits per heavy atom. The van der Waals surface area contributed by atoms with E-state index in [1.165, 1.54) is 0 Å². The van der Waals surface area contributed by atoms with Crippen molar-refractivity contribution in [3.63, 3.8) is 0 Å². The first-order chi connectivity index (χ1) is 10.5. The molecule has 1 aromatic carbocycles. The predicted octanol–water partition coefficient (Wildman–Crippen LogP) is 2.62. The first-order valence-electron chi connectivity index (χ1n) is 7.91. The Morgan fingerprint density at radius 1 is 1.09 bits per heavy atom. The molecule has 1 heterocycles. The monoisotopic (exact) mass is 324 g/mol. The second-order valence-electron chi connectivity index (χ2n) is 5.56. The SMILES string of the molecule is CCCN(CCC)c1ccc(S(=O)(=O)N2CCCC2=O)cc1. The molecule has 22 heavy (non-hydrogen) atoms. The third-order valence-electron chi connectivity index (χ3n) is 3.81. The number of anilines is 1. The van der Waals surface area contributed by atoms with Gasteiger partial charge in [-0.3, -0.25) is 4.79 Å². The quantitative estimate of drug-likeness (QED) is 0.773. The van der Waals surface area contributed by atoms with Gasteiger partial charge in [-0.2, -0.15) is 0 Å². The average molecular weight is 324 g/mol. The van der Waals surface area contributed by atoms with Crippen LogP contribution in [-0.4, -0.2) is 38.3 Å². The Morgan fingerprint density at radius 2 is 1.68 bits per heavy atom. The summed E-state index contributed by atoms with van der Waals surface area (Å²) in [6.45, 7) is 6.44. The summed E-state index contributed by atoms with van der Waals surface area (Å²) in [4.78, 5) is 14.1. The molecule has 0 spiro atoms. The molecule has 1 saturated heterocycles. The van der Waals surface area contributed by atoms with Crippen molar-refractivity contribution in [1.29, 1.82) is 0 Å². The fraction of sp³-hybridized carbons (Fsp3) is 0.562. The summed E-state index contributed by atoms with van der Waals surface area (Å²) in [5.74, 6) is -0.303. The van der Waals surface area contributed by atoms with Gasteiger partial charge in [0.25, 0.3) is 10.0 Å². The number of nitrogens with zero attached hydrogens (tertiary/aromatic N) is 2. The van der Waals surface area contributed by atoms with Crippen LogP contribution >= 0.6 is 0 Å². The predicted molar refractivity (Wildman–Crippen MR) is 87.4 cm³/mol. The van der Waals surface area contributed by atoms with Crippen LogP contribution in [0.1, 0.15) is 39.5 Å². The van der Waals surface area contributed by atoms with Crippen molar-refractivity contribution in [2.24, 2.45) is 0 Å². The van der Waals surface area contributed by atoms with Gasteiger partial charge in [0, 0.05) is 31.7 Å². The highest BCUT2D eigenvalue weighted by molar-refractivity contribution is 7.89. The van der Waals surface area contributed by atoms with Gasteiger partial charge in [0.2, 0.25) is 5.91 Å². The molecule has 1 aromatic rings. The number of rotatable bonds is 7. The summed E-state index contributed by atoms with van der Waals surface area (Å²) in [5, 5.41) is 0. The zero-order chi connectivity index (χ0) is 16.2. The van der Waals surface area contributed by atoms with E-state index in [9.17, 15) is 13.2 Å². The Hall–Kier alpha value is -1.56. The van der Waals surface area contributed by atoms with Gasteiger partial charge in [-0.1, -0.05) is 13.8 Å². The van der Waals surface area contributed by atoms with Crippen LogP contribution < -0.4 is 4.90 Å². The lowest BCUT2D eigenvalue weighted by atomic mass is 10.2. The summed E-state index contributed by atoms with van der Waals surface area (Å²) in [6, 6.07) is 6.88. The van der Waals surface area contributed by atoms with Crippen LogP contribution in [0.2, 0.25) is 0 Å². The second-order valence-corrected chi connectivity index (χ2v) is 7.42. The number of amides is 1. The number of carbonyl (C=O) groups is 1. The smallest absolute Gasteiger partial charge is 0.266 e. The summed E-state index contributed by atoms with van der Waals surface area (Å²) in [6.07, 6.45) is 3.01. The first-order valence-corrected chi connectivity index (χ1v) is 9.35. The van der Waals surface area contributed by atoms with Crippen LogP contribution in [0.15, 0.2) is 29.2 Å². The van der Waals surface area contributed by atoms with Gasteiger partial charge in [0.1, 0.15) is 0 Å². The topological polar surface area (TPSA) is 57.7 Å². The molecule has 0 bridgehead atoms. The highest BCUT2D eigenvalue weighted by atomic mass is 32.2. The van der Waals surface area contributed by atoms with E-state index in [1.54, 1.807) is 12.1 Å². The zero-order valence-electron chi connectivity index (χ0n) is 13.3. The fourth-order valence-electron chi connectivity index (χ4n) is 2.74. The lowest BCUT2D eigenvalue weighted by Gasteiger charge is -2.24. The van der Waals surface area contributed by atoms with Crippen molar-refractivity contribution in [2.45, 2.75) is 44.4 Å². The van der Waals surface area contributed by atoms with E-state index in [2.05, 4.69) is 18.7 Å². The fourth-order valence-corrected chi connectivity index (χ4v) is 4.21. The number of sulfonamides is 1. The van der Waals surface area contributed by atoms with Crippen LogP contribution in [0.3, 0.4) is 0 Å². The lowest BCUT2D eigenvalue weighted by Crippen LogP contribution is -2.32. The van der Waals surface area contributed by atoms with Crippen molar-refractivity contribution in [1.82, 2.24) is 4.31 Å². The Labute approximate surface area is 133 Å². The molecule has 2 rings (SSSR count).